The van der Waals surface area contributed by atoms with Crippen molar-refractivity contribution in [3.63, 3.8) is 0 Å². The van der Waals surface area contributed by atoms with Crippen LogP contribution in [0.2, 0.25) is 0 Å². The van der Waals surface area contributed by atoms with Crippen LogP contribution in [0.4, 0.5) is 0 Å². The molecule has 0 radical (unpaired) electrons. The maximum atomic E-state index is 13.3. The van der Waals surface area contributed by atoms with E-state index in [4.69, 9.17) is 4.74 Å². The monoisotopic (exact) mass is 481 g/mol. The summed E-state index contributed by atoms with van der Waals surface area (Å²) in [5.41, 5.74) is 5.25. The molecule has 2 aromatic carbocycles. The molecule has 1 amide bonds. The SMILES string of the molecule is CN1C=CC1.COc1ccc(C)c(C(=O)NC2(c3cc(-c4cnn(C)c4)cc4ncccc34)CC2)c1. The molecule has 2 aliphatic rings. The van der Waals surface area contributed by atoms with Gasteiger partial charge in [-0.15, -0.1) is 0 Å². The fourth-order valence-corrected chi connectivity index (χ4v) is 4.48. The number of methoxy groups -OCH3 is 1. The van der Waals surface area contributed by atoms with Gasteiger partial charge in [0.1, 0.15) is 5.75 Å². The molecule has 1 aliphatic carbocycles. The number of ether oxygens (including phenoxy) is 1. The van der Waals surface area contributed by atoms with E-state index in [1.54, 1.807) is 24.1 Å². The number of hydrogen-bond acceptors (Lipinski definition) is 5. The molecule has 7 nitrogen and oxygen atoms in total. The largest absolute Gasteiger partial charge is 0.497 e. The smallest absolute Gasteiger partial charge is 0.252 e. The van der Waals surface area contributed by atoms with E-state index in [-0.39, 0.29) is 5.91 Å². The zero-order chi connectivity index (χ0) is 25.3. The first-order valence-electron chi connectivity index (χ1n) is 12.1. The molecule has 36 heavy (non-hydrogen) atoms. The average Bonchev–Trinajstić information content (AvgIpc) is 3.52. The molecule has 7 heteroatoms. The Morgan fingerprint density at radius 1 is 1.11 bits per heavy atom. The minimum atomic E-state index is -0.397. The summed E-state index contributed by atoms with van der Waals surface area (Å²) in [7, 11) is 5.57. The first-order chi connectivity index (χ1) is 17.4. The molecule has 1 N–H and O–H groups in total. The van der Waals surface area contributed by atoms with Crippen LogP contribution in [0.25, 0.3) is 22.0 Å². The second-order valence-corrected chi connectivity index (χ2v) is 9.54. The molecule has 184 valence electrons. The van der Waals surface area contributed by atoms with Gasteiger partial charge < -0.3 is 15.0 Å². The Bertz CT molecular complexity index is 1450. The lowest BCUT2D eigenvalue weighted by Crippen LogP contribution is -2.35. The Hall–Kier alpha value is -4.13. The third-order valence-electron chi connectivity index (χ3n) is 6.82. The van der Waals surface area contributed by atoms with E-state index in [1.807, 2.05) is 44.6 Å². The van der Waals surface area contributed by atoms with Crippen LogP contribution in [0.3, 0.4) is 0 Å². The third-order valence-corrected chi connectivity index (χ3v) is 6.82. The van der Waals surface area contributed by atoms with Crippen LogP contribution < -0.4 is 10.1 Å². The highest BCUT2D eigenvalue weighted by Crippen LogP contribution is 2.49. The van der Waals surface area contributed by atoms with Crippen molar-refractivity contribution in [1.82, 2.24) is 25.0 Å². The molecule has 4 aromatic rings. The second kappa shape index (κ2) is 9.49. The van der Waals surface area contributed by atoms with Crippen LogP contribution >= 0.6 is 0 Å². The highest BCUT2D eigenvalue weighted by Gasteiger charge is 2.47. The van der Waals surface area contributed by atoms with E-state index < -0.39 is 5.54 Å². The van der Waals surface area contributed by atoms with Gasteiger partial charge in [0, 0.05) is 49.5 Å². The number of likely N-dealkylation sites (N-methyl/N-ethyl adjacent to an activating group) is 1. The van der Waals surface area contributed by atoms with Crippen molar-refractivity contribution >= 4 is 16.8 Å². The molecule has 0 saturated heterocycles. The molecular formula is C29H31N5O2. The normalized spacial score (nSPS) is 15.1. The number of amides is 1. The topological polar surface area (TPSA) is 72.3 Å². The fourth-order valence-electron chi connectivity index (χ4n) is 4.48. The van der Waals surface area contributed by atoms with Crippen LogP contribution in [0.15, 0.2) is 73.3 Å². The van der Waals surface area contributed by atoms with Crippen LogP contribution in [0, 0.1) is 6.92 Å². The number of rotatable bonds is 5. The highest BCUT2D eigenvalue weighted by atomic mass is 16.5. The van der Waals surface area contributed by atoms with E-state index in [0.29, 0.717) is 11.3 Å². The molecule has 0 spiro atoms. The van der Waals surface area contributed by atoms with E-state index in [0.717, 1.165) is 52.5 Å². The van der Waals surface area contributed by atoms with Gasteiger partial charge in [0.15, 0.2) is 0 Å². The van der Waals surface area contributed by atoms with Gasteiger partial charge >= 0.3 is 0 Å². The highest BCUT2D eigenvalue weighted by molar-refractivity contribution is 5.98. The molecule has 6 rings (SSSR count). The quantitative estimate of drug-likeness (QED) is 0.443. The fraction of sp³-hybridized carbons (Fsp3) is 0.276. The van der Waals surface area contributed by atoms with Gasteiger partial charge in [-0.1, -0.05) is 12.1 Å². The number of hydrogen-bond donors (Lipinski definition) is 1. The molecule has 1 saturated carbocycles. The number of nitrogens with zero attached hydrogens (tertiary/aromatic N) is 4. The van der Waals surface area contributed by atoms with Crippen LogP contribution in [-0.2, 0) is 12.6 Å². The van der Waals surface area contributed by atoms with E-state index in [1.165, 1.54) is 0 Å². The number of nitrogens with one attached hydrogen (secondary N) is 1. The van der Waals surface area contributed by atoms with E-state index >= 15 is 0 Å². The summed E-state index contributed by atoms with van der Waals surface area (Å²) in [6.45, 7) is 3.08. The summed E-state index contributed by atoms with van der Waals surface area (Å²) in [4.78, 5) is 20.0. The van der Waals surface area contributed by atoms with Gasteiger partial charge in [-0.3, -0.25) is 14.5 Å². The maximum Gasteiger partial charge on any atom is 0.252 e. The third kappa shape index (κ3) is 4.69. The predicted molar refractivity (Wildman–Crippen MR) is 142 cm³/mol. The Labute approximate surface area is 211 Å². The summed E-state index contributed by atoms with van der Waals surface area (Å²) in [5.74, 6) is 0.589. The minimum absolute atomic E-state index is 0.0854. The maximum absolute atomic E-state index is 13.3. The predicted octanol–water partition coefficient (Wildman–Crippen LogP) is 4.82. The summed E-state index contributed by atoms with van der Waals surface area (Å²) in [6, 6.07) is 13.9. The van der Waals surface area contributed by atoms with Gasteiger partial charge in [0.25, 0.3) is 5.91 Å². The van der Waals surface area contributed by atoms with Crippen molar-refractivity contribution in [2.75, 3.05) is 20.7 Å². The van der Waals surface area contributed by atoms with Crippen LogP contribution in [0.1, 0.15) is 34.3 Å². The van der Waals surface area contributed by atoms with Crippen molar-refractivity contribution in [2.24, 2.45) is 7.05 Å². The first kappa shape index (κ1) is 23.6. The average molecular weight is 482 g/mol. The zero-order valence-electron chi connectivity index (χ0n) is 21.2. The molecule has 2 aromatic heterocycles. The van der Waals surface area contributed by atoms with Gasteiger partial charge in [0.05, 0.1) is 24.4 Å². The first-order valence-corrected chi connectivity index (χ1v) is 12.1. The van der Waals surface area contributed by atoms with E-state index in [9.17, 15) is 4.79 Å². The number of aryl methyl sites for hydroxylation is 2. The van der Waals surface area contributed by atoms with Gasteiger partial charge in [-0.2, -0.15) is 5.10 Å². The van der Waals surface area contributed by atoms with Crippen molar-refractivity contribution < 1.29 is 9.53 Å². The second-order valence-electron chi connectivity index (χ2n) is 9.54. The van der Waals surface area contributed by atoms with Gasteiger partial charge in [-0.05, 0) is 79.1 Å². The molecule has 1 fully saturated rings. The summed E-state index contributed by atoms with van der Waals surface area (Å²) in [6.07, 6.45) is 11.6. The Balaban J connectivity index is 0.000000477. The number of pyridine rings is 1. The number of aromatic nitrogens is 3. The molecule has 0 bridgehead atoms. The number of carbonyl (C=O) groups is 1. The van der Waals surface area contributed by atoms with Crippen LogP contribution in [-0.4, -0.2) is 46.3 Å². The van der Waals surface area contributed by atoms with Gasteiger partial charge in [-0.25, -0.2) is 0 Å². The van der Waals surface area contributed by atoms with Crippen molar-refractivity contribution in [1.29, 1.82) is 0 Å². The lowest BCUT2D eigenvalue weighted by Gasteiger charge is -2.22. The summed E-state index contributed by atoms with van der Waals surface area (Å²) in [5, 5.41) is 8.70. The molecular weight excluding hydrogens is 450 g/mol. The number of benzene rings is 2. The summed E-state index contributed by atoms with van der Waals surface area (Å²) >= 11 is 0. The van der Waals surface area contributed by atoms with Crippen LogP contribution in [0.5, 0.6) is 5.75 Å². The Morgan fingerprint density at radius 3 is 2.50 bits per heavy atom. The molecule has 3 heterocycles. The summed E-state index contributed by atoms with van der Waals surface area (Å²) < 4.78 is 7.11. The Kier molecular flexibility index (Phi) is 6.22. The Morgan fingerprint density at radius 2 is 1.89 bits per heavy atom. The number of fused-ring (bicyclic) bond motifs is 1. The lowest BCUT2D eigenvalue weighted by molar-refractivity contribution is 0.0930. The molecule has 0 unspecified atom stereocenters. The molecule has 1 aliphatic heterocycles. The standard InChI is InChI=1S/C25H24N4O2.C4H7N/c1-16-6-7-19(31-3)13-21(16)24(30)28-25(8-9-25)22-11-17(18-14-27-29(2)15-18)12-23-20(22)5-4-10-26-23;1-5-3-2-4-5/h4-7,10-15H,8-9H2,1-3H3,(H,28,30);2-3H,4H2,1H3. The van der Waals surface area contributed by atoms with Crippen molar-refractivity contribution in [3.8, 4) is 16.9 Å². The lowest BCUT2D eigenvalue weighted by atomic mass is 9.94. The van der Waals surface area contributed by atoms with E-state index in [2.05, 4.69) is 57.8 Å². The van der Waals surface area contributed by atoms with Gasteiger partial charge in [0.2, 0.25) is 0 Å². The van der Waals surface area contributed by atoms with Crippen molar-refractivity contribution in [2.45, 2.75) is 25.3 Å². The zero-order valence-corrected chi connectivity index (χ0v) is 21.2. The molecule has 0 atom stereocenters. The number of carbonyl (C=O) groups excluding carboxylic acids is 1. The minimum Gasteiger partial charge on any atom is -0.497 e. The van der Waals surface area contributed by atoms with Crippen molar-refractivity contribution in [3.05, 3.63) is 90.0 Å².